The number of sulfonamides is 1. The molecule has 1 heterocycles. The highest BCUT2D eigenvalue weighted by molar-refractivity contribution is 7.94. The normalized spacial score (nSPS) is 14.1. The van der Waals surface area contributed by atoms with Crippen molar-refractivity contribution in [2.75, 3.05) is 23.3 Å². The number of hydrogen-bond acceptors (Lipinski definition) is 6. The highest BCUT2D eigenvalue weighted by atomic mass is 32.2. The third kappa shape index (κ3) is 5.85. The van der Waals surface area contributed by atoms with Gasteiger partial charge in [-0.05, 0) is 73.5 Å². The molecule has 3 aromatic rings. The van der Waals surface area contributed by atoms with E-state index in [1.165, 1.54) is 35.5 Å². The van der Waals surface area contributed by atoms with Gasteiger partial charge in [-0.15, -0.1) is 11.3 Å². The third-order valence-corrected chi connectivity index (χ3v) is 8.56. The van der Waals surface area contributed by atoms with Crippen LogP contribution < -0.4 is 19.1 Å². The number of anilines is 2. The van der Waals surface area contributed by atoms with Gasteiger partial charge < -0.3 is 14.8 Å². The van der Waals surface area contributed by atoms with E-state index >= 15 is 0 Å². The summed E-state index contributed by atoms with van der Waals surface area (Å²) in [5.41, 5.74) is 1.15. The van der Waals surface area contributed by atoms with E-state index in [9.17, 15) is 13.2 Å². The number of thiophene rings is 1. The SMILES string of the molecule is CN(c1ccc(OCC(=O)Nc2cccc(OC3CCCC3)c2)cc1)S(=O)(=O)c1cccs1. The summed E-state index contributed by atoms with van der Waals surface area (Å²) in [6.07, 6.45) is 4.78. The third-order valence-electron chi connectivity index (χ3n) is 5.40. The molecule has 0 bridgehead atoms. The largest absolute Gasteiger partial charge is 0.490 e. The van der Waals surface area contributed by atoms with Gasteiger partial charge in [0.25, 0.3) is 15.9 Å². The lowest BCUT2D eigenvalue weighted by Gasteiger charge is -2.18. The van der Waals surface area contributed by atoms with Crippen LogP contribution in [-0.4, -0.2) is 34.1 Å². The topological polar surface area (TPSA) is 84.9 Å². The minimum Gasteiger partial charge on any atom is -0.490 e. The van der Waals surface area contributed by atoms with Crippen molar-refractivity contribution in [3.63, 3.8) is 0 Å². The molecular formula is C24H26N2O5S2. The fraction of sp³-hybridized carbons (Fsp3) is 0.292. The molecule has 0 aliphatic heterocycles. The van der Waals surface area contributed by atoms with Gasteiger partial charge in [0.15, 0.2) is 6.61 Å². The highest BCUT2D eigenvalue weighted by Gasteiger charge is 2.22. The summed E-state index contributed by atoms with van der Waals surface area (Å²) in [6.45, 7) is -0.170. The molecule has 1 amide bonds. The fourth-order valence-corrected chi connectivity index (χ4v) is 5.98. The van der Waals surface area contributed by atoms with Crippen molar-refractivity contribution in [2.45, 2.75) is 36.0 Å². The smallest absolute Gasteiger partial charge is 0.273 e. The summed E-state index contributed by atoms with van der Waals surface area (Å²) in [5, 5.41) is 4.54. The zero-order valence-corrected chi connectivity index (χ0v) is 19.9. The first-order valence-electron chi connectivity index (χ1n) is 10.7. The zero-order chi connectivity index (χ0) is 23.3. The molecule has 0 spiro atoms. The Labute approximate surface area is 198 Å². The molecule has 7 nitrogen and oxygen atoms in total. The van der Waals surface area contributed by atoms with Crippen molar-refractivity contribution in [1.29, 1.82) is 0 Å². The molecule has 2 aromatic carbocycles. The van der Waals surface area contributed by atoms with E-state index in [0.29, 0.717) is 17.1 Å². The second-order valence-electron chi connectivity index (χ2n) is 7.79. The molecule has 9 heteroatoms. The van der Waals surface area contributed by atoms with Crippen LogP contribution >= 0.6 is 11.3 Å². The van der Waals surface area contributed by atoms with E-state index < -0.39 is 10.0 Å². The number of hydrogen-bond donors (Lipinski definition) is 1. The molecule has 1 N–H and O–H groups in total. The van der Waals surface area contributed by atoms with Crippen molar-refractivity contribution >= 4 is 38.6 Å². The first kappa shape index (κ1) is 23.1. The van der Waals surface area contributed by atoms with Crippen molar-refractivity contribution in [1.82, 2.24) is 0 Å². The molecule has 1 aromatic heterocycles. The Bertz CT molecular complexity index is 1170. The first-order valence-corrected chi connectivity index (χ1v) is 13.1. The van der Waals surface area contributed by atoms with E-state index in [1.54, 1.807) is 47.8 Å². The lowest BCUT2D eigenvalue weighted by molar-refractivity contribution is -0.118. The number of amides is 1. The Morgan fingerprint density at radius 3 is 2.52 bits per heavy atom. The molecule has 0 unspecified atom stereocenters. The monoisotopic (exact) mass is 486 g/mol. The zero-order valence-electron chi connectivity index (χ0n) is 18.3. The highest BCUT2D eigenvalue weighted by Crippen LogP contribution is 2.27. The Kier molecular flexibility index (Phi) is 7.20. The molecular weight excluding hydrogens is 460 g/mol. The van der Waals surface area contributed by atoms with Gasteiger partial charge in [-0.3, -0.25) is 9.10 Å². The summed E-state index contributed by atoms with van der Waals surface area (Å²) in [4.78, 5) is 12.3. The summed E-state index contributed by atoms with van der Waals surface area (Å²) < 4.78 is 38.3. The van der Waals surface area contributed by atoms with Gasteiger partial charge >= 0.3 is 0 Å². The van der Waals surface area contributed by atoms with Gasteiger partial charge in [0.2, 0.25) is 0 Å². The summed E-state index contributed by atoms with van der Waals surface area (Å²) >= 11 is 1.17. The average molecular weight is 487 g/mol. The standard InChI is InChI=1S/C24H26N2O5S2/c1-26(33(28,29)24-10-5-15-32-24)19-11-13-20(14-12-19)30-17-23(27)25-18-6-4-9-22(16-18)31-21-7-2-3-8-21/h4-6,9-16,21H,2-3,7-8,17H2,1H3,(H,25,27). The molecule has 4 rings (SSSR count). The van der Waals surface area contributed by atoms with Gasteiger partial charge in [0.05, 0.1) is 11.8 Å². The van der Waals surface area contributed by atoms with Crippen LogP contribution in [0.25, 0.3) is 0 Å². The van der Waals surface area contributed by atoms with Crippen molar-refractivity contribution in [3.05, 3.63) is 66.0 Å². The van der Waals surface area contributed by atoms with E-state index in [4.69, 9.17) is 9.47 Å². The number of carbonyl (C=O) groups is 1. The predicted octanol–water partition coefficient (Wildman–Crippen LogP) is 4.91. The van der Waals surface area contributed by atoms with Crippen LogP contribution in [0.1, 0.15) is 25.7 Å². The predicted molar refractivity (Wildman–Crippen MR) is 130 cm³/mol. The molecule has 1 aliphatic rings. The number of benzene rings is 2. The number of nitrogens with one attached hydrogen (secondary N) is 1. The van der Waals surface area contributed by atoms with Gasteiger partial charge in [0.1, 0.15) is 15.7 Å². The van der Waals surface area contributed by atoms with E-state index in [2.05, 4.69) is 5.32 Å². The number of ether oxygens (including phenoxy) is 2. The second-order valence-corrected chi connectivity index (χ2v) is 10.9. The Morgan fingerprint density at radius 2 is 1.82 bits per heavy atom. The quantitative estimate of drug-likeness (QED) is 0.464. The maximum absolute atomic E-state index is 12.6. The molecule has 0 saturated heterocycles. The van der Waals surface area contributed by atoms with E-state index in [1.807, 2.05) is 18.2 Å². The van der Waals surface area contributed by atoms with Crippen molar-refractivity contribution < 1.29 is 22.7 Å². The Hall–Kier alpha value is -3.04. The first-order chi connectivity index (χ1) is 15.9. The van der Waals surface area contributed by atoms with Crippen LogP contribution in [0, 0.1) is 0 Å². The lowest BCUT2D eigenvalue weighted by Crippen LogP contribution is -2.25. The number of nitrogens with zero attached hydrogens (tertiary/aromatic N) is 1. The van der Waals surface area contributed by atoms with Crippen LogP contribution in [0.3, 0.4) is 0 Å². The van der Waals surface area contributed by atoms with Gasteiger partial charge in [-0.2, -0.15) is 0 Å². The number of rotatable bonds is 9. The summed E-state index contributed by atoms with van der Waals surface area (Å²) in [7, 11) is -2.09. The van der Waals surface area contributed by atoms with Crippen molar-refractivity contribution in [3.8, 4) is 11.5 Å². The van der Waals surface area contributed by atoms with Crippen LogP contribution in [0.5, 0.6) is 11.5 Å². The van der Waals surface area contributed by atoms with Crippen molar-refractivity contribution in [2.24, 2.45) is 0 Å². The molecule has 1 fully saturated rings. The molecule has 174 valence electrons. The summed E-state index contributed by atoms with van der Waals surface area (Å²) in [6, 6.07) is 17.2. The Balaban J connectivity index is 1.30. The summed E-state index contributed by atoms with van der Waals surface area (Å²) in [5.74, 6) is 0.918. The Morgan fingerprint density at radius 1 is 1.06 bits per heavy atom. The van der Waals surface area contributed by atoms with Crippen LogP contribution in [0.15, 0.2) is 70.3 Å². The van der Waals surface area contributed by atoms with E-state index in [-0.39, 0.29) is 22.8 Å². The van der Waals surface area contributed by atoms with Gasteiger partial charge in [-0.1, -0.05) is 12.1 Å². The minimum absolute atomic E-state index is 0.170. The average Bonchev–Trinajstić information content (AvgIpc) is 3.53. The molecule has 0 atom stereocenters. The van der Waals surface area contributed by atoms with Gasteiger partial charge in [0, 0.05) is 18.8 Å². The van der Waals surface area contributed by atoms with Gasteiger partial charge in [-0.25, -0.2) is 8.42 Å². The number of carbonyl (C=O) groups excluding carboxylic acids is 1. The molecule has 33 heavy (non-hydrogen) atoms. The molecule has 1 aliphatic carbocycles. The van der Waals surface area contributed by atoms with Crippen LogP contribution in [-0.2, 0) is 14.8 Å². The maximum atomic E-state index is 12.6. The molecule has 0 radical (unpaired) electrons. The maximum Gasteiger partial charge on any atom is 0.273 e. The van der Waals surface area contributed by atoms with Crippen LogP contribution in [0.4, 0.5) is 11.4 Å². The van der Waals surface area contributed by atoms with Crippen LogP contribution in [0.2, 0.25) is 0 Å². The van der Waals surface area contributed by atoms with E-state index in [0.717, 1.165) is 18.6 Å². The minimum atomic E-state index is -3.60. The lowest BCUT2D eigenvalue weighted by atomic mass is 10.2. The second kappa shape index (κ2) is 10.3. The molecule has 1 saturated carbocycles. The fourth-order valence-electron chi connectivity index (χ4n) is 3.63.